The lowest BCUT2D eigenvalue weighted by Crippen LogP contribution is -2.44. The molecule has 0 atom stereocenters. The maximum atomic E-state index is 11.8. The number of hydrogen-bond acceptors (Lipinski definition) is 4. The van der Waals surface area contributed by atoms with Gasteiger partial charge in [0.1, 0.15) is 0 Å². The Morgan fingerprint density at radius 3 is 2.65 bits per heavy atom. The van der Waals surface area contributed by atoms with Crippen LogP contribution in [0.4, 0.5) is 17.1 Å². The molecule has 3 N–H and O–H groups in total. The highest BCUT2D eigenvalue weighted by atomic mass is 16.1. The monoisotopic (exact) mass is 276 g/mol. The van der Waals surface area contributed by atoms with Crippen molar-refractivity contribution in [3.8, 4) is 0 Å². The van der Waals surface area contributed by atoms with E-state index < -0.39 is 0 Å². The van der Waals surface area contributed by atoms with Gasteiger partial charge in [0, 0.05) is 38.3 Å². The van der Waals surface area contributed by atoms with E-state index in [0.29, 0.717) is 12.1 Å². The number of piperazine rings is 1. The lowest BCUT2D eigenvalue weighted by molar-refractivity contribution is -0.116. The molecule has 0 aliphatic carbocycles. The first-order valence-corrected chi connectivity index (χ1v) is 7.23. The van der Waals surface area contributed by atoms with E-state index in [9.17, 15) is 4.79 Å². The third-order valence-corrected chi connectivity index (χ3v) is 3.62. The molecule has 1 aromatic carbocycles. The fraction of sp³-hybridized carbons (Fsp3) is 0.533. The zero-order chi connectivity index (χ0) is 14.5. The number of nitrogens with two attached hydrogens (primary N) is 1. The van der Waals surface area contributed by atoms with Gasteiger partial charge in [0.25, 0.3) is 0 Å². The molecule has 1 aliphatic rings. The quantitative estimate of drug-likeness (QED) is 0.823. The largest absolute Gasteiger partial charge is 0.399 e. The summed E-state index contributed by atoms with van der Waals surface area (Å²) in [5.41, 5.74) is 8.42. The Labute approximate surface area is 120 Å². The second-order valence-corrected chi connectivity index (χ2v) is 5.37. The third kappa shape index (κ3) is 3.63. The van der Waals surface area contributed by atoms with Crippen molar-refractivity contribution in [2.45, 2.75) is 19.8 Å². The molecule has 0 bridgehead atoms. The summed E-state index contributed by atoms with van der Waals surface area (Å²) in [5.74, 6) is 0.0495. The van der Waals surface area contributed by atoms with Crippen LogP contribution in [0.3, 0.4) is 0 Å². The average Bonchev–Trinajstić information content (AvgIpc) is 2.40. The summed E-state index contributed by atoms with van der Waals surface area (Å²) in [6.45, 7) is 6.01. The van der Waals surface area contributed by atoms with Crippen LogP contribution in [0, 0.1) is 0 Å². The number of nitrogen functional groups attached to an aromatic ring is 1. The molecule has 1 amide bonds. The van der Waals surface area contributed by atoms with Crippen molar-refractivity contribution < 1.29 is 4.79 Å². The lowest BCUT2D eigenvalue weighted by Gasteiger charge is -2.35. The minimum absolute atomic E-state index is 0.0495. The second-order valence-electron chi connectivity index (χ2n) is 5.37. The molecular formula is C15H24N4O. The van der Waals surface area contributed by atoms with Gasteiger partial charge in [-0.2, -0.15) is 0 Å². The van der Waals surface area contributed by atoms with Crippen molar-refractivity contribution >= 4 is 23.0 Å². The number of carbonyl (C=O) groups excluding carboxylic acids is 1. The molecule has 1 aromatic rings. The molecule has 110 valence electrons. The van der Waals surface area contributed by atoms with Crippen LogP contribution in [0.25, 0.3) is 0 Å². The summed E-state index contributed by atoms with van der Waals surface area (Å²) in [6, 6.07) is 5.74. The van der Waals surface area contributed by atoms with Crippen molar-refractivity contribution in [3.63, 3.8) is 0 Å². The molecule has 1 aliphatic heterocycles. The van der Waals surface area contributed by atoms with Crippen LogP contribution >= 0.6 is 0 Å². The van der Waals surface area contributed by atoms with Crippen molar-refractivity contribution in [2.75, 3.05) is 49.2 Å². The van der Waals surface area contributed by atoms with Gasteiger partial charge >= 0.3 is 0 Å². The minimum Gasteiger partial charge on any atom is -0.399 e. The lowest BCUT2D eigenvalue weighted by atomic mass is 10.2. The number of anilines is 3. The second kappa shape index (κ2) is 6.61. The summed E-state index contributed by atoms with van der Waals surface area (Å²) in [6.07, 6.45) is 1.38. The fourth-order valence-electron chi connectivity index (χ4n) is 2.42. The summed E-state index contributed by atoms with van der Waals surface area (Å²) < 4.78 is 0. The fourth-order valence-corrected chi connectivity index (χ4v) is 2.42. The SMILES string of the molecule is CCCC(=O)Nc1cc(N)ccc1N1CCN(C)CC1. The van der Waals surface area contributed by atoms with Gasteiger partial charge in [-0.05, 0) is 31.7 Å². The Morgan fingerprint density at radius 1 is 1.30 bits per heavy atom. The number of amides is 1. The number of likely N-dealkylation sites (N-methyl/N-ethyl adjacent to an activating group) is 1. The number of nitrogens with zero attached hydrogens (tertiary/aromatic N) is 2. The van der Waals surface area contributed by atoms with Crippen LogP contribution in [0.15, 0.2) is 18.2 Å². The number of rotatable bonds is 4. The van der Waals surface area contributed by atoms with Crippen molar-refractivity contribution in [1.29, 1.82) is 0 Å². The van der Waals surface area contributed by atoms with Gasteiger partial charge < -0.3 is 20.9 Å². The maximum absolute atomic E-state index is 11.8. The van der Waals surface area contributed by atoms with E-state index >= 15 is 0 Å². The van der Waals surface area contributed by atoms with Crippen LogP contribution in [0.2, 0.25) is 0 Å². The van der Waals surface area contributed by atoms with Crippen LogP contribution in [0.5, 0.6) is 0 Å². The predicted octanol–water partition coefficient (Wildman–Crippen LogP) is 1.76. The normalized spacial score (nSPS) is 16.2. The smallest absolute Gasteiger partial charge is 0.224 e. The Bertz CT molecular complexity index is 467. The van der Waals surface area contributed by atoms with Gasteiger partial charge in [0.15, 0.2) is 0 Å². The number of hydrogen-bond donors (Lipinski definition) is 2. The molecule has 0 unspecified atom stereocenters. The van der Waals surface area contributed by atoms with E-state index in [2.05, 4.69) is 22.2 Å². The van der Waals surface area contributed by atoms with Gasteiger partial charge in [-0.25, -0.2) is 0 Å². The molecule has 5 heteroatoms. The summed E-state index contributed by atoms with van der Waals surface area (Å²) in [4.78, 5) is 16.4. The minimum atomic E-state index is 0.0495. The first-order valence-electron chi connectivity index (χ1n) is 7.23. The van der Waals surface area contributed by atoms with Crippen LogP contribution < -0.4 is 16.0 Å². The van der Waals surface area contributed by atoms with Gasteiger partial charge in [0.2, 0.25) is 5.91 Å². The summed E-state index contributed by atoms with van der Waals surface area (Å²) >= 11 is 0. The van der Waals surface area contributed by atoms with Crippen LogP contribution in [-0.2, 0) is 4.79 Å². The van der Waals surface area contributed by atoms with Gasteiger partial charge in [-0.15, -0.1) is 0 Å². The van der Waals surface area contributed by atoms with E-state index in [0.717, 1.165) is 44.0 Å². The Balaban J connectivity index is 2.17. The molecule has 2 rings (SSSR count). The summed E-state index contributed by atoms with van der Waals surface area (Å²) in [5, 5.41) is 2.99. The number of carbonyl (C=O) groups is 1. The molecule has 1 saturated heterocycles. The average molecular weight is 276 g/mol. The number of benzene rings is 1. The van der Waals surface area contributed by atoms with Crippen LogP contribution in [-0.4, -0.2) is 44.0 Å². The maximum Gasteiger partial charge on any atom is 0.224 e. The van der Waals surface area contributed by atoms with Crippen molar-refractivity contribution in [1.82, 2.24) is 4.90 Å². The first kappa shape index (κ1) is 14.7. The van der Waals surface area contributed by atoms with E-state index in [1.807, 2.05) is 25.1 Å². The molecule has 20 heavy (non-hydrogen) atoms. The molecule has 0 saturated carbocycles. The first-order chi connectivity index (χ1) is 9.60. The third-order valence-electron chi connectivity index (χ3n) is 3.62. The predicted molar refractivity (Wildman–Crippen MR) is 84.1 cm³/mol. The highest BCUT2D eigenvalue weighted by Crippen LogP contribution is 2.29. The van der Waals surface area contributed by atoms with E-state index in [1.165, 1.54) is 0 Å². The van der Waals surface area contributed by atoms with E-state index in [1.54, 1.807) is 0 Å². The topological polar surface area (TPSA) is 61.6 Å². The Morgan fingerprint density at radius 2 is 2.00 bits per heavy atom. The zero-order valence-electron chi connectivity index (χ0n) is 12.4. The Kier molecular flexibility index (Phi) is 4.84. The van der Waals surface area contributed by atoms with Gasteiger partial charge in [-0.1, -0.05) is 6.92 Å². The van der Waals surface area contributed by atoms with Gasteiger partial charge in [0.05, 0.1) is 11.4 Å². The van der Waals surface area contributed by atoms with E-state index in [-0.39, 0.29) is 5.91 Å². The van der Waals surface area contributed by atoms with Crippen molar-refractivity contribution in [2.24, 2.45) is 0 Å². The van der Waals surface area contributed by atoms with Crippen LogP contribution in [0.1, 0.15) is 19.8 Å². The molecule has 1 heterocycles. The van der Waals surface area contributed by atoms with E-state index in [4.69, 9.17) is 5.73 Å². The highest BCUT2D eigenvalue weighted by molar-refractivity contribution is 5.95. The molecule has 0 aromatic heterocycles. The summed E-state index contributed by atoms with van der Waals surface area (Å²) in [7, 11) is 2.13. The zero-order valence-corrected chi connectivity index (χ0v) is 12.4. The molecule has 1 fully saturated rings. The number of nitrogens with one attached hydrogen (secondary N) is 1. The van der Waals surface area contributed by atoms with Crippen molar-refractivity contribution in [3.05, 3.63) is 18.2 Å². The molecule has 5 nitrogen and oxygen atoms in total. The Hall–Kier alpha value is -1.75. The molecule has 0 radical (unpaired) electrons. The molecule has 0 spiro atoms. The van der Waals surface area contributed by atoms with Gasteiger partial charge in [-0.3, -0.25) is 4.79 Å². The standard InChI is InChI=1S/C15H24N4O/c1-3-4-15(20)17-13-11-12(16)5-6-14(13)19-9-7-18(2)8-10-19/h5-6,11H,3-4,7-10,16H2,1-2H3,(H,17,20). The molecular weight excluding hydrogens is 252 g/mol. The highest BCUT2D eigenvalue weighted by Gasteiger charge is 2.18.